The lowest BCUT2D eigenvalue weighted by atomic mass is 9.96. The lowest BCUT2D eigenvalue weighted by Crippen LogP contribution is -2.38. The molecule has 0 spiro atoms. The second-order valence-corrected chi connectivity index (χ2v) is 8.78. The topological polar surface area (TPSA) is 41.6 Å². The Labute approximate surface area is 179 Å². The molecule has 29 heavy (non-hydrogen) atoms. The maximum Gasteiger partial charge on any atom is 0.251 e. The zero-order valence-electron chi connectivity index (χ0n) is 17.7. The zero-order chi connectivity index (χ0) is 20.6. The molecule has 0 unspecified atom stereocenters. The van der Waals surface area contributed by atoms with E-state index in [-0.39, 0.29) is 12.0 Å². The molecular formula is C24H32N2O2S. The third-order valence-corrected chi connectivity index (χ3v) is 6.17. The average Bonchev–Trinajstić information content (AvgIpc) is 2.73. The van der Waals surface area contributed by atoms with Crippen molar-refractivity contribution in [1.29, 1.82) is 0 Å². The first kappa shape index (κ1) is 21.7. The number of carbonyl (C=O) groups excluding carboxylic acids is 1. The lowest BCUT2D eigenvalue weighted by molar-refractivity contribution is 0.0935. The van der Waals surface area contributed by atoms with Gasteiger partial charge in [-0.25, -0.2) is 0 Å². The Kier molecular flexibility index (Phi) is 8.01. The van der Waals surface area contributed by atoms with E-state index in [0.717, 1.165) is 44.8 Å². The molecule has 2 aromatic rings. The Morgan fingerprint density at radius 1 is 1.14 bits per heavy atom. The fourth-order valence-corrected chi connectivity index (χ4v) is 4.33. The number of piperidine rings is 1. The number of nitrogens with zero attached hydrogens (tertiary/aromatic N) is 1. The molecule has 1 fully saturated rings. The summed E-state index contributed by atoms with van der Waals surface area (Å²) in [5.74, 6) is 1.35. The van der Waals surface area contributed by atoms with Crippen molar-refractivity contribution in [2.75, 3.05) is 25.9 Å². The summed E-state index contributed by atoms with van der Waals surface area (Å²) in [6, 6.07) is 16.0. The maximum absolute atomic E-state index is 12.4. The summed E-state index contributed by atoms with van der Waals surface area (Å²) in [5.41, 5.74) is 2.10. The van der Waals surface area contributed by atoms with Crippen molar-refractivity contribution in [1.82, 2.24) is 10.2 Å². The van der Waals surface area contributed by atoms with Gasteiger partial charge in [0.05, 0.1) is 6.10 Å². The van der Waals surface area contributed by atoms with Gasteiger partial charge in [-0.15, -0.1) is 11.8 Å². The summed E-state index contributed by atoms with van der Waals surface area (Å²) in [7, 11) is 0. The van der Waals surface area contributed by atoms with Crippen molar-refractivity contribution in [3.8, 4) is 5.75 Å². The predicted octanol–water partition coefficient (Wildman–Crippen LogP) is 4.84. The van der Waals surface area contributed by atoms with Crippen LogP contribution in [0, 0.1) is 5.92 Å². The van der Waals surface area contributed by atoms with Crippen LogP contribution in [0.4, 0.5) is 0 Å². The maximum atomic E-state index is 12.4. The van der Waals surface area contributed by atoms with Gasteiger partial charge in [-0.05, 0) is 87.8 Å². The van der Waals surface area contributed by atoms with Crippen molar-refractivity contribution >= 4 is 17.7 Å². The summed E-state index contributed by atoms with van der Waals surface area (Å²) in [5, 5.41) is 3.11. The van der Waals surface area contributed by atoms with Gasteiger partial charge in [0.2, 0.25) is 0 Å². The van der Waals surface area contributed by atoms with Crippen molar-refractivity contribution in [3.05, 3.63) is 59.7 Å². The molecule has 1 aliphatic rings. The van der Waals surface area contributed by atoms with Crippen LogP contribution >= 0.6 is 11.8 Å². The molecule has 156 valence electrons. The first-order valence-electron chi connectivity index (χ1n) is 10.4. The number of hydrogen-bond acceptors (Lipinski definition) is 4. The van der Waals surface area contributed by atoms with E-state index in [2.05, 4.69) is 40.7 Å². The molecular weight excluding hydrogens is 380 g/mol. The third kappa shape index (κ3) is 6.51. The van der Waals surface area contributed by atoms with Crippen LogP contribution in [0.3, 0.4) is 0 Å². The molecule has 1 heterocycles. The van der Waals surface area contributed by atoms with Crippen LogP contribution in [0.1, 0.15) is 42.6 Å². The highest BCUT2D eigenvalue weighted by molar-refractivity contribution is 7.98. The summed E-state index contributed by atoms with van der Waals surface area (Å²) in [6.07, 6.45) is 4.53. The van der Waals surface area contributed by atoms with E-state index >= 15 is 0 Å². The van der Waals surface area contributed by atoms with Gasteiger partial charge in [0.1, 0.15) is 5.75 Å². The number of likely N-dealkylation sites (tertiary alicyclic amines) is 1. The van der Waals surface area contributed by atoms with Crippen molar-refractivity contribution in [3.63, 3.8) is 0 Å². The van der Waals surface area contributed by atoms with Gasteiger partial charge in [-0.2, -0.15) is 0 Å². The van der Waals surface area contributed by atoms with E-state index in [1.165, 1.54) is 10.5 Å². The Hall–Kier alpha value is -1.98. The van der Waals surface area contributed by atoms with Gasteiger partial charge in [0.25, 0.3) is 5.91 Å². The monoisotopic (exact) mass is 412 g/mol. The minimum atomic E-state index is -0.00238. The fraction of sp³-hybridized carbons (Fsp3) is 0.458. The quantitative estimate of drug-likeness (QED) is 0.630. The summed E-state index contributed by atoms with van der Waals surface area (Å²) in [6.45, 7) is 7.93. The minimum Gasteiger partial charge on any atom is -0.491 e. The number of ether oxygens (including phenoxy) is 1. The number of hydrogen-bond donors (Lipinski definition) is 1. The van der Waals surface area contributed by atoms with Gasteiger partial charge in [0.15, 0.2) is 0 Å². The van der Waals surface area contributed by atoms with E-state index in [0.29, 0.717) is 11.5 Å². The Balaban J connectivity index is 1.42. The Morgan fingerprint density at radius 3 is 2.48 bits per heavy atom. The number of rotatable bonds is 8. The standard InChI is InChI=1S/C24H32N2O2S/c1-18(2)28-22-10-8-20(9-11-22)24(27)25-16-19-12-14-26(15-13-19)17-21-6-4-5-7-23(21)29-3/h4-11,18-19H,12-17H2,1-3H3,(H,25,27). The number of carbonyl (C=O) groups is 1. The molecule has 2 aromatic carbocycles. The Morgan fingerprint density at radius 2 is 1.83 bits per heavy atom. The summed E-state index contributed by atoms with van der Waals surface area (Å²) >= 11 is 1.82. The molecule has 0 saturated carbocycles. The fourth-order valence-electron chi connectivity index (χ4n) is 3.72. The van der Waals surface area contributed by atoms with Crippen molar-refractivity contribution in [2.24, 2.45) is 5.92 Å². The minimum absolute atomic E-state index is 0.00238. The zero-order valence-corrected chi connectivity index (χ0v) is 18.5. The Bertz CT molecular complexity index is 784. The molecule has 0 aliphatic carbocycles. The van der Waals surface area contributed by atoms with E-state index in [1.54, 1.807) is 0 Å². The van der Waals surface area contributed by atoms with Crippen LogP contribution in [0.25, 0.3) is 0 Å². The van der Waals surface area contributed by atoms with Gasteiger partial charge in [-0.1, -0.05) is 18.2 Å². The summed E-state index contributed by atoms with van der Waals surface area (Å²) < 4.78 is 5.63. The van der Waals surface area contributed by atoms with E-state index in [9.17, 15) is 4.79 Å². The first-order valence-corrected chi connectivity index (χ1v) is 11.7. The molecule has 0 aromatic heterocycles. The molecule has 3 rings (SSSR count). The van der Waals surface area contributed by atoms with Crippen LogP contribution in [0.5, 0.6) is 5.75 Å². The molecule has 0 atom stereocenters. The highest BCUT2D eigenvalue weighted by Crippen LogP contribution is 2.24. The molecule has 5 heteroatoms. The number of thioether (sulfide) groups is 1. The highest BCUT2D eigenvalue weighted by atomic mass is 32.2. The third-order valence-electron chi connectivity index (χ3n) is 5.33. The van der Waals surface area contributed by atoms with Crippen LogP contribution in [-0.2, 0) is 6.54 Å². The smallest absolute Gasteiger partial charge is 0.251 e. The lowest BCUT2D eigenvalue weighted by Gasteiger charge is -2.32. The van der Waals surface area contributed by atoms with E-state index in [1.807, 2.05) is 49.9 Å². The van der Waals surface area contributed by atoms with Crippen LogP contribution in [0.2, 0.25) is 0 Å². The molecule has 1 aliphatic heterocycles. The van der Waals surface area contributed by atoms with Gasteiger partial charge in [0, 0.05) is 23.5 Å². The van der Waals surface area contributed by atoms with Gasteiger partial charge in [-0.3, -0.25) is 9.69 Å². The predicted molar refractivity (Wildman–Crippen MR) is 121 cm³/mol. The molecule has 0 radical (unpaired) electrons. The van der Waals surface area contributed by atoms with E-state index < -0.39 is 0 Å². The number of amides is 1. The van der Waals surface area contributed by atoms with Crippen molar-refractivity contribution < 1.29 is 9.53 Å². The van der Waals surface area contributed by atoms with Crippen LogP contribution in [0.15, 0.2) is 53.4 Å². The van der Waals surface area contributed by atoms with Crippen LogP contribution < -0.4 is 10.1 Å². The van der Waals surface area contributed by atoms with Crippen LogP contribution in [-0.4, -0.2) is 42.8 Å². The number of benzene rings is 2. The highest BCUT2D eigenvalue weighted by Gasteiger charge is 2.20. The van der Waals surface area contributed by atoms with Gasteiger partial charge >= 0.3 is 0 Å². The molecule has 1 saturated heterocycles. The largest absolute Gasteiger partial charge is 0.491 e. The molecule has 0 bridgehead atoms. The molecule has 1 N–H and O–H groups in total. The average molecular weight is 413 g/mol. The number of nitrogens with one attached hydrogen (secondary N) is 1. The molecule has 1 amide bonds. The molecule has 4 nitrogen and oxygen atoms in total. The van der Waals surface area contributed by atoms with E-state index in [4.69, 9.17) is 4.74 Å². The van der Waals surface area contributed by atoms with Crippen molar-refractivity contribution in [2.45, 2.75) is 44.2 Å². The van der Waals surface area contributed by atoms with Gasteiger partial charge < -0.3 is 10.1 Å². The summed E-state index contributed by atoms with van der Waals surface area (Å²) in [4.78, 5) is 16.3. The first-order chi connectivity index (χ1) is 14.0. The second-order valence-electron chi connectivity index (χ2n) is 7.93. The second kappa shape index (κ2) is 10.7. The SMILES string of the molecule is CSc1ccccc1CN1CCC(CNC(=O)c2ccc(OC(C)C)cc2)CC1. The normalized spacial score (nSPS) is 15.4.